The molecule has 0 heterocycles. The fourth-order valence-electron chi connectivity index (χ4n) is 1.63. The summed E-state index contributed by atoms with van der Waals surface area (Å²) in [6.07, 6.45) is 0. The number of carboxylic acid groups (broad SMARTS) is 1. The molecule has 0 bridgehead atoms. The van der Waals surface area contributed by atoms with Crippen LogP contribution >= 0.6 is 0 Å². The number of nitrogens with two attached hydrogens (primary N) is 2. The molecule has 0 radical (unpaired) electrons. The van der Waals surface area contributed by atoms with Gasteiger partial charge in [0.05, 0.1) is 11.1 Å². The highest BCUT2D eigenvalue weighted by atomic mass is 16.4. The first-order valence-electron chi connectivity index (χ1n) is 6.35. The third-order valence-corrected chi connectivity index (χ3v) is 2.62. The van der Waals surface area contributed by atoms with E-state index in [1.807, 2.05) is 0 Å². The maximum Gasteiger partial charge on any atom is 0.336 e. The Hall–Kier alpha value is -2.45. The molecule has 114 valence electrons. The number of carboxylic acids is 1. The Labute approximate surface area is 121 Å². The zero-order chi connectivity index (χ0) is 15.8. The van der Waals surface area contributed by atoms with Crippen LogP contribution in [-0.2, 0) is 0 Å². The number of rotatable bonds is 7. The summed E-state index contributed by atoms with van der Waals surface area (Å²) in [6, 6.07) is 3.84. The van der Waals surface area contributed by atoms with Gasteiger partial charge in [0.15, 0.2) is 0 Å². The minimum Gasteiger partial charge on any atom is -0.478 e. The molecule has 1 aromatic carbocycles. The number of carbonyl (C=O) groups excluding carboxylic acids is 2. The molecule has 1 rings (SSSR count). The molecular formula is C13H18N4O4. The van der Waals surface area contributed by atoms with Crippen LogP contribution in [-0.4, -0.2) is 49.1 Å². The van der Waals surface area contributed by atoms with Crippen molar-refractivity contribution in [2.75, 3.05) is 26.2 Å². The van der Waals surface area contributed by atoms with Crippen molar-refractivity contribution in [3.63, 3.8) is 0 Å². The zero-order valence-corrected chi connectivity index (χ0v) is 11.4. The van der Waals surface area contributed by atoms with Gasteiger partial charge in [-0.1, -0.05) is 0 Å². The predicted molar refractivity (Wildman–Crippen MR) is 76.2 cm³/mol. The molecule has 7 N–H and O–H groups in total. The second-order valence-electron chi connectivity index (χ2n) is 4.15. The van der Waals surface area contributed by atoms with Gasteiger partial charge in [-0.15, -0.1) is 0 Å². The molecule has 0 unspecified atom stereocenters. The molecule has 2 amide bonds. The summed E-state index contributed by atoms with van der Waals surface area (Å²) in [4.78, 5) is 34.8. The van der Waals surface area contributed by atoms with Crippen molar-refractivity contribution < 1.29 is 19.5 Å². The van der Waals surface area contributed by atoms with Crippen molar-refractivity contribution in [2.24, 2.45) is 11.5 Å². The lowest BCUT2D eigenvalue weighted by Crippen LogP contribution is -2.31. The molecule has 0 aromatic heterocycles. The first kappa shape index (κ1) is 16.6. The van der Waals surface area contributed by atoms with Gasteiger partial charge >= 0.3 is 5.97 Å². The van der Waals surface area contributed by atoms with Gasteiger partial charge < -0.3 is 27.2 Å². The van der Waals surface area contributed by atoms with E-state index in [2.05, 4.69) is 10.6 Å². The predicted octanol–water partition coefficient (Wildman–Crippen LogP) is -1.24. The van der Waals surface area contributed by atoms with Crippen LogP contribution in [0, 0.1) is 0 Å². The van der Waals surface area contributed by atoms with Gasteiger partial charge in [-0.3, -0.25) is 9.59 Å². The summed E-state index contributed by atoms with van der Waals surface area (Å²) < 4.78 is 0. The summed E-state index contributed by atoms with van der Waals surface area (Å²) in [5.74, 6) is -2.29. The van der Waals surface area contributed by atoms with Crippen LogP contribution in [0.15, 0.2) is 18.2 Å². The van der Waals surface area contributed by atoms with E-state index in [1.54, 1.807) is 0 Å². The number of nitrogens with one attached hydrogen (secondary N) is 2. The van der Waals surface area contributed by atoms with Crippen molar-refractivity contribution in [2.45, 2.75) is 0 Å². The van der Waals surface area contributed by atoms with Gasteiger partial charge in [-0.25, -0.2) is 4.79 Å². The molecule has 8 nitrogen and oxygen atoms in total. The number of hydrogen-bond acceptors (Lipinski definition) is 5. The van der Waals surface area contributed by atoms with E-state index in [1.165, 1.54) is 12.1 Å². The van der Waals surface area contributed by atoms with Crippen molar-refractivity contribution >= 4 is 17.8 Å². The molecule has 0 aliphatic carbocycles. The Kier molecular flexibility index (Phi) is 6.31. The number of amides is 2. The summed E-state index contributed by atoms with van der Waals surface area (Å²) in [7, 11) is 0. The van der Waals surface area contributed by atoms with E-state index >= 15 is 0 Å². The Morgan fingerprint density at radius 3 is 2.05 bits per heavy atom. The summed E-state index contributed by atoms with van der Waals surface area (Å²) >= 11 is 0. The number of carbonyl (C=O) groups is 3. The second-order valence-corrected chi connectivity index (χ2v) is 4.15. The SMILES string of the molecule is NCCNC(=O)c1ccc(C(=O)NCCN)c(C(=O)O)c1. The smallest absolute Gasteiger partial charge is 0.336 e. The zero-order valence-electron chi connectivity index (χ0n) is 11.4. The Bertz CT molecular complexity index is 545. The van der Waals surface area contributed by atoms with Crippen LogP contribution in [0.25, 0.3) is 0 Å². The van der Waals surface area contributed by atoms with Gasteiger partial charge in [0, 0.05) is 31.7 Å². The summed E-state index contributed by atoms with van der Waals surface area (Å²) in [5.41, 5.74) is 10.4. The fourth-order valence-corrected chi connectivity index (χ4v) is 1.63. The highest BCUT2D eigenvalue weighted by molar-refractivity contribution is 6.07. The van der Waals surface area contributed by atoms with Crippen LogP contribution in [0.2, 0.25) is 0 Å². The molecule has 0 spiro atoms. The maximum absolute atomic E-state index is 11.8. The van der Waals surface area contributed by atoms with E-state index in [-0.39, 0.29) is 42.9 Å². The molecule has 21 heavy (non-hydrogen) atoms. The number of hydrogen-bond donors (Lipinski definition) is 5. The average Bonchev–Trinajstić information content (AvgIpc) is 2.49. The van der Waals surface area contributed by atoms with Gasteiger partial charge in [-0.2, -0.15) is 0 Å². The topological polar surface area (TPSA) is 148 Å². The molecule has 8 heteroatoms. The van der Waals surface area contributed by atoms with Gasteiger partial charge in [0.2, 0.25) is 0 Å². The molecule has 0 aliphatic rings. The highest BCUT2D eigenvalue weighted by Crippen LogP contribution is 2.13. The Morgan fingerprint density at radius 1 is 0.952 bits per heavy atom. The standard InChI is InChI=1S/C13H18N4O4/c14-3-5-16-11(18)8-1-2-9(10(7-8)13(20)21)12(19)17-6-4-15/h1-2,7H,3-6,14-15H2,(H,16,18)(H,17,19)(H,20,21). The third-order valence-electron chi connectivity index (χ3n) is 2.62. The van der Waals surface area contributed by atoms with Crippen molar-refractivity contribution in [3.8, 4) is 0 Å². The lowest BCUT2D eigenvalue weighted by Gasteiger charge is -2.09. The first-order chi connectivity index (χ1) is 10.0. The van der Waals surface area contributed by atoms with Gasteiger partial charge in [0.1, 0.15) is 0 Å². The van der Waals surface area contributed by atoms with Gasteiger partial charge in [-0.05, 0) is 18.2 Å². The first-order valence-corrected chi connectivity index (χ1v) is 6.35. The normalized spacial score (nSPS) is 10.0. The number of benzene rings is 1. The summed E-state index contributed by atoms with van der Waals surface area (Å²) in [5, 5.41) is 14.2. The second kappa shape index (κ2) is 7.98. The lowest BCUT2D eigenvalue weighted by atomic mass is 10.0. The van der Waals surface area contributed by atoms with E-state index in [0.29, 0.717) is 0 Å². The van der Waals surface area contributed by atoms with Crippen LogP contribution in [0.5, 0.6) is 0 Å². The van der Waals surface area contributed by atoms with Crippen molar-refractivity contribution in [1.82, 2.24) is 10.6 Å². The van der Waals surface area contributed by atoms with Gasteiger partial charge in [0.25, 0.3) is 11.8 Å². The number of aromatic carboxylic acids is 1. The third kappa shape index (κ3) is 4.55. The van der Waals surface area contributed by atoms with Crippen LogP contribution < -0.4 is 22.1 Å². The van der Waals surface area contributed by atoms with E-state index in [4.69, 9.17) is 16.6 Å². The van der Waals surface area contributed by atoms with Crippen molar-refractivity contribution in [1.29, 1.82) is 0 Å². The van der Waals surface area contributed by atoms with E-state index in [9.17, 15) is 14.4 Å². The maximum atomic E-state index is 11.8. The Morgan fingerprint density at radius 2 is 1.52 bits per heavy atom. The summed E-state index contributed by atoms with van der Waals surface area (Å²) in [6.45, 7) is 1.03. The van der Waals surface area contributed by atoms with Crippen LogP contribution in [0.3, 0.4) is 0 Å². The molecule has 0 aliphatic heterocycles. The molecule has 0 saturated carbocycles. The quantitative estimate of drug-likeness (QED) is 0.425. The van der Waals surface area contributed by atoms with Crippen LogP contribution in [0.4, 0.5) is 0 Å². The Balaban J connectivity index is 3.04. The van der Waals surface area contributed by atoms with Crippen LogP contribution in [0.1, 0.15) is 31.1 Å². The molecule has 0 saturated heterocycles. The minimum atomic E-state index is -1.29. The molecular weight excluding hydrogens is 276 g/mol. The van der Waals surface area contributed by atoms with Crippen molar-refractivity contribution in [3.05, 3.63) is 34.9 Å². The monoisotopic (exact) mass is 294 g/mol. The molecule has 1 aromatic rings. The lowest BCUT2D eigenvalue weighted by molar-refractivity contribution is 0.0691. The van der Waals surface area contributed by atoms with E-state index < -0.39 is 17.8 Å². The highest BCUT2D eigenvalue weighted by Gasteiger charge is 2.18. The molecule has 0 atom stereocenters. The average molecular weight is 294 g/mol. The fraction of sp³-hybridized carbons (Fsp3) is 0.308. The molecule has 0 fully saturated rings. The largest absolute Gasteiger partial charge is 0.478 e. The minimum absolute atomic E-state index is 0.0219. The van der Waals surface area contributed by atoms with E-state index in [0.717, 1.165) is 6.07 Å².